The number of aromatic carboxylic acids is 1. The van der Waals surface area contributed by atoms with Gasteiger partial charge in [0.15, 0.2) is 0 Å². The molecule has 0 spiro atoms. The molecule has 0 amide bonds. The summed E-state index contributed by atoms with van der Waals surface area (Å²) in [6, 6.07) is 14.0. The molecule has 0 radical (unpaired) electrons. The quantitative estimate of drug-likeness (QED) is 0.795. The first-order valence-corrected chi connectivity index (χ1v) is 7.45. The predicted octanol–water partition coefficient (Wildman–Crippen LogP) is 3.91. The Morgan fingerprint density at radius 3 is 2.48 bits per heavy atom. The maximum absolute atomic E-state index is 11.3. The van der Waals surface area contributed by atoms with Crippen molar-refractivity contribution in [3.63, 3.8) is 0 Å². The first kappa shape index (κ1) is 15.0. The lowest BCUT2D eigenvalue weighted by Gasteiger charge is -2.11. The fourth-order valence-corrected chi connectivity index (χ4v) is 2.84. The summed E-state index contributed by atoms with van der Waals surface area (Å²) in [5.74, 6) is -0.880. The van der Waals surface area contributed by atoms with E-state index >= 15 is 0 Å². The molecule has 0 unspecified atom stereocenters. The van der Waals surface area contributed by atoms with Crippen molar-refractivity contribution in [1.82, 2.24) is 9.55 Å². The van der Waals surface area contributed by atoms with E-state index in [1.54, 1.807) is 18.5 Å². The van der Waals surface area contributed by atoms with Crippen LogP contribution in [0.3, 0.4) is 0 Å². The Morgan fingerprint density at radius 2 is 1.83 bits per heavy atom. The molecule has 0 fully saturated rings. The molecule has 0 saturated carbocycles. The SMILES string of the molecule is Cc1cc(C(=O)O)c(C)n1Cc1cccc(-c2ccncc2)c1. The van der Waals surface area contributed by atoms with Crippen molar-refractivity contribution < 1.29 is 9.90 Å². The molecular formula is C19H18N2O2. The number of aryl methyl sites for hydroxylation is 1. The average Bonchev–Trinajstić information content (AvgIpc) is 2.84. The second-order valence-corrected chi connectivity index (χ2v) is 5.61. The summed E-state index contributed by atoms with van der Waals surface area (Å²) >= 11 is 0. The third-order valence-electron chi connectivity index (χ3n) is 4.09. The molecule has 0 aliphatic rings. The van der Waals surface area contributed by atoms with E-state index in [9.17, 15) is 9.90 Å². The second kappa shape index (κ2) is 6.08. The van der Waals surface area contributed by atoms with E-state index < -0.39 is 5.97 Å². The second-order valence-electron chi connectivity index (χ2n) is 5.61. The van der Waals surface area contributed by atoms with Crippen LogP contribution in [0.5, 0.6) is 0 Å². The molecule has 4 heteroatoms. The van der Waals surface area contributed by atoms with Gasteiger partial charge in [0.2, 0.25) is 0 Å². The first-order chi connectivity index (χ1) is 11.1. The first-order valence-electron chi connectivity index (χ1n) is 7.45. The molecule has 0 atom stereocenters. The van der Waals surface area contributed by atoms with Crippen LogP contribution < -0.4 is 0 Å². The van der Waals surface area contributed by atoms with Crippen LogP contribution in [0, 0.1) is 13.8 Å². The lowest BCUT2D eigenvalue weighted by molar-refractivity contribution is 0.0696. The fourth-order valence-electron chi connectivity index (χ4n) is 2.84. The molecule has 0 bridgehead atoms. The molecule has 0 aliphatic carbocycles. The van der Waals surface area contributed by atoms with Crippen LogP contribution in [-0.4, -0.2) is 20.6 Å². The van der Waals surface area contributed by atoms with Crippen LogP contribution in [-0.2, 0) is 6.54 Å². The van der Waals surface area contributed by atoms with Gasteiger partial charge in [0.25, 0.3) is 0 Å². The van der Waals surface area contributed by atoms with Gasteiger partial charge in [0.05, 0.1) is 5.56 Å². The van der Waals surface area contributed by atoms with Gasteiger partial charge in [-0.1, -0.05) is 18.2 Å². The van der Waals surface area contributed by atoms with E-state index in [1.807, 2.05) is 36.6 Å². The molecule has 4 nitrogen and oxygen atoms in total. The topological polar surface area (TPSA) is 55.1 Å². The Bertz CT molecular complexity index is 851. The van der Waals surface area contributed by atoms with Crippen molar-refractivity contribution in [2.24, 2.45) is 0 Å². The van der Waals surface area contributed by atoms with Crippen LogP contribution in [0.15, 0.2) is 54.9 Å². The Balaban J connectivity index is 1.94. The Labute approximate surface area is 135 Å². The molecule has 2 heterocycles. The van der Waals surface area contributed by atoms with Crippen LogP contribution in [0.25, 0.3) is 11.1 Å². The summed E-state index contributed by atoms with van der Waals surface area (Å²) in [7, 11) is 0. The fraction of sp³-hybridized carbons (Fsp3) is 0.158. The zero-order valence-corrected chi connectivity index (χ0v) is 13.2. The summed E-state index contributed by atoms with van der Waals surface area (Å²) in [6.45, 7) is 4.44. The standard InChI is InChI=1S/C19H18N2O2/c1-13-10-18(19(22)23)14(2)21(13)12-15-4-3-5-17(11-15)16-6-8-20-9-7-16/h3-11H,12H2,1-2H3,(H,22,23). The van der Waals surface area contributed by atoms with Gasteiger partial charge in [-0.15, -0.1) is 0 Å². The molecule has 3 rings (SSSR count). The van der Waals surface area contributed by atoms with E-state index in [4.69, 9.17) is 0 Å². The van der Waals surface area contributed by atoms with Gasteiger partial charge in [-0.3, -0.25) is 4.98 Å². The molecule has 0 aliphatic heterocycles. The Hall–Kier alpha value is -2.88. The van der Waals surface area contributed by atoms with Gasteiger partial charge in [-0.05, 0) is 54.8 Å². The average molecular weight is 306 g/mol. The van der Waals surface area contributed by atoms with Crippen LogP contribution in [0.2, 0.25) is 0 Å². The van der Waals surface area contributed by atoms with E-state index in [1.165, 1.54) is 0 Å². The zero-order chi connectivity index (χ0) is 16.4. The van der Waals surface area contributed by atoms with Gasteiger partial charge < -0.3 is 9.67 Å². The summed E-state index contributed by atoms with van der Waals surface area (Å²) < 4.78 is 2.04. The molecule has 0 saturated heterocycles. The van der Waals surface area contributed by atoms with Crippen LogP contribution >= 0.6 is 0 Å². The van der Waals surface area contributed by atoms with E-state index in [0.717, 1.165) is 28.1 Å². The highest BCUT2D eigenvalue weighted by molar-refractivity contribution is 5.89. The molecule has 1 N–H and O–H groups in total. The van der Waals surface area contributed by atoms with E-state index in [0.29, 0.717) is 12.1 Å². The van der Waals surface area contributed by atoms with Gasteiger partial charge >= 0.3 is 5.97 Å². The largest absolute Gasteiger partial charge is 0.478 e. The predicted molar refractivity (Wildman–Crippen MR) is 89.6 cm³/mol. The van der Waals surface area contributed by atoms with Crippen molar-refractivity contribution >= 4 is 5.97 Å². The minimum absolute atomic E-state index is 0.368. The third kappa shape index (κ3) is 3.01. The summed E-state index contributed by atoms with van der Waals surface area (Å²) in [5.41, 5.74) is 5.49. The maximum atomic E-state index is 11.3. The molecule has 3 aromatic rings. The number of hydrogen-bond acceptors (Lipinski definition) is 2. The Morgan fingerprint density at radius 1 is 1.09 bits per heavy atom. The summed E-state index contributed by atoms with van der Waals surface area (Å²) in [5, 5.41) is 9.24. The van der Waals surface area contributed by atoms with Crippen molar-refractivity contribution in [3.05, 3.63) is 77.4 Å². The number of carboxylic acid groups (broad SMARTS) is 1. The molecule has 116 valence electrons. The summed E-state index contributed by atoms with van der Waals surface area (Å²) in [4.78, 5) is 15.3. The van der Waals surface area contributed by atoms with E-state index in [2.05, 4.69) is 23.2 Å². The number of hydrogen-bond donors (Lipinski definition) is 1. The van der Waals surface area contributed by atoms with Gasteiger partial charge in [-0.2, -0.15) is 0 Å². The zero-order valence-electron chi connectivity index (χ0n) is 13.2. The lowest BCUT2D eigenvalue weighted by atomic mass is 10.0. The lowest BCUT2D eigenvalue weighted by Crippen LogP contribution is -2.06. The van der Waals surface area contributed by atoms with E-state index in [-0.39, 0.29) is 0 Å². The highest BCUT2D eigenvalue weighted by atomic mass is 16.4. The normalized spacial score (nSPS) is 10.7. The summed E-state index contributed by atoms with van der Waals surface area (Å²) in [6.07, 6.45) is 3.56. The third-order valence-corrected chi connectivity index (χ3v) is 4.09. The highest BCUT2D eigenvalue weighted by Crippen LogP contribution is 2.22. The van der Waals surface area contributed by atoms with Crippen molar-refractivity contribution in [2.75, 3.05) is 0 Å². The highest BCUT2D eigenvalue weighted by Gasteiger charge is 2.14. The van der Waals surface area contributed by atoms with Gasteiger partial charge in [0, 0.05) is 30.3 Å². The molecule has 23 heavy (non-hydrogen) atoms. The molecule has 1 aromatic carbocycles. The van der Waals surface area contributed by atoms with Crippen molar-refractivity contribution in [1.29, 1.82) is 0 Å². The van der Waals surface area contributed by atoms with Crippen molar-refractivity contribution in [2.45, 2.75) is 20.4 Å². The minimum atomic E-state index is -0.880. The number of nitrogens with zero attached hydrogens (tertiary/aromatic N) is 2. The van der Waals surface area contributed by atoms with Crippen molar-refractivity contribution in [3.8, 4) is 11.1 Å². The molecule has 2 aromatic heterocycles. The minimum Gasteiger partial charge on any atom is -0.478 e. The maximum Gasteiger partial charge on any atom is 0.337 e. The Kier molecular flexibility index (Phi) is 3.98. The number of rotatable bonds is 4. The molecular weight excluding hydrogens is 288 g/mol. The number of benzene rings is 1. The number of carboxylic acids is 1. The van der Waals surface area contributed by atoms with Gasteiger partial charge in [0.1, 0.15) is 0 Å². The number of aromatic nitrogens is 2. The van der Waals surface area contributed by atoms with Crippen LogP contribution in [0.1, 0.15) is 27.3 Å². The number of pyridine rings is 1. The van der Waals surface area contributed by atoms with Crippen LogP contribution in [0.4, 0.5) is 0 Å². The smallest absolute Gasteiger partial charge is 0.337 e. The van der Waals surface area contributed by atoms with Gasteiger partial charge in [-0.25, -0.2) is 4.79 Å². The monoisotopic (exact) mass is 306 g/mol. The number of carbonyl (C=O) groups is 1.